The van der Waals surface area contributed by atoms with Crippen LogP contribution in [0.25, 0.3) is 0 Å². The first-order chi connectivity index (χ1) is 12.2. The number of amides is 1. The molecular formula is C18H21ClN2O4S. The van der Waals surface area contributed by atoms with Crippen molar-refractivity contribution in [2.45, 2.75) is 31.4 Å². The maximum atomic E-state index is 12.5. The lowest BCUT2D eigenvalue weighted by Crippen LogP contribution is -2.24. The zero-order chi connectivity index (χ0) is 19.3. The summed E-state index contributed by atoms with van der Waals surface area (Å²) in [5.74, 6) is 0.290. The van der Waals surface area contributed by atoms with Crippen LogP contribution in [0.2, 0.25) is 5.02 Å². The molecule has 2 N–H and O–H groups in total. The molecule has 0 spiro atoms. The molecule has 0 fully saturated rings. The van der Waals surface area contributed by atoms with Crippen LogP contribution in [-0.4, -0.2) is 27.5 Å². The summed E-state index contributed by atoms with van der Waals surface area (Å²) >= 11 is 6.01. The van der Waals surface area contributed by atoms with Gasteiger partial charge in [0.05, 0.1) is 11.0 Å². The van der Waals surface area contributed by atoms with E-state index in [0.29, 0.717) is 21.9 Å². The molecule has 2 rings (SSSR count). The Hall–Kier alpha value is -2.09. The fourth-order valence-electron chi connectivity index (χ4n) is 2.24. The van der Waals surface area contributed by atoms with Gasteiger partial charge in [-0.2, -0.15) is 0 Å². The van der Waals surface area contributed by atoms with Crippen LogP contribution in [0, 0.1) is 0 Å². The van der Waals surface area contributed by atoms with E-state index in [9.17, 15) is 13.2 Å². The van der Waals surface area contributed by atoms with E-state index in [1.54, 1.807) is 18.2 Å². The second-order valence-corrected chi connectivity index (χ2v) is 8.05. The molecule has 0 heterocycles. The Bertz CT molecular complexity index is 881. The number of carbonyl (C=O) groups excluding carboxylic acids is 1. The molecule has 0 aliphatic carbocycles. The molecule has 140 valence electrons. The lowest BCUT2D eigenvalue weighted by molar-refractivity contribution is 0.0963. The van der Waals surface area contributed by atoms with Crippen LogP contribution in [0.1, 0.15) is 29.8 Å². The van der Waals surface area contributed by atoms with Gasteiger partial charge in [0.15, 0.2) is 0 Å². The number of carbonyl (C=O) groups is 1. The lowest BCUT2D eigenvalue weighted by Gasteiger charge is -2.15. The predicted octanol–water partition coefficient (Wildman–Crippen LogP) is 2.97. The average molecular weight is 397 g/mol. The molecule has 8 heteroatoms. The van der Waals surface area contributed by atoms with Crippen molar-refractivity contribution in [2.24, 2.45) is 0 Å². The fraction of sp³-hybridized carbons (Fsp3) is 0.278. The minimum atomic E-state index is -3.75. The van der Waals surface area contributed by atoms with Gasteiger partial charge in [-0.1, -0.05) is 11.6 Å². The molecule has 0 aliphatic rings. The predicted molar refractivity (Wildman–Crippen MR) is 101 cm³/mol. The van der Waals surface area contributed by atoms with E-state index >= 15 is 0 Å². The SMILES string of the molecule is CNC(=O)c1ccc(S(=O)(=O)NCc2cc(Cl)ccc2OC(C)C)cc1. The number of nitrogens with one attached hydrogen (secondary N) is 2. The molecule has 6 nitrogen and oxygen atoms in total. The van der Waals surface area contributed by atoms with E-state index in [2.05, 4.69) is 10.0 Å². The summed E-state index contributed by atoms with van der Waals surface area (Å²) in [4.78, 5) is 11.6. The van der Waals surface area contributed by atoms with Crippen molar-refractivity contribution in [1.29, 1.82) is 0 Å². The number of hydrogen-bond acceptors (Lipinski definition) is 4. The number of sulfonamides is 1. The molecule has 26 heavy (non-hydrogen) atoms. The van der Waals surface area contributed by atoms with Crippen LogP contribution >= 0.6 is 11.6 Å². The Morgan fingerprint density at radius 1 is 1.15 bits per heavy atom. The number of rotatable bonds is 7. The Labute approximate surface area is 158 Å². The second-order valence-electron chi connectivity index (χ2n) is 5.85. The van der Waals surface area contributed by atoms with E-state index in [-0.39, 0.29) is 23.5 Å². The Kier molecular flexibility index (Phi) is 6.63. The third-order valence-corrected chi connectivity index (χ3v) is 5.14. The Morgan fingerprint density at radius 3 is 2.38 bits per heavy atom. The van der Waals surface area contributed by atoms with E-state index in [1.165, 1.54) is 31.3 Å². The summed E-state index contributed by atoms with van der Waals surface area (Å²) in [5.41, 5.74) is 1.02. The summed E-state index contributed by atoms with van der Waals surface area (Å²) in [7, 11) is -2.24. The summed E-state index contributed by atoms with van der Waals surface area (Å²) in [5, 5.41) is 2.97. The van der Waals surface area contributed by atoms with Gasteiger partial charge >= 0.3 is 0 Å². The molecule has 2 aromatic carbocycles. The third kappa shape index (κ3) is 5.20. The molecule has 2 aromatic rings. The fourth-order valence-corrected chi connectivity index (χ4v) is 3.44. The van der Waals surface area contributed by atoms with Crippen molar-refractivity contribution >= 4 is 27.5 Å². The van der Waals surface area contributed by atoms with Gasteiger partial charge in [0, 0.05) is 29.7 Å². The highest BCUT2D eigenvalue weighted by Gasteiger charge is 2.16. The van der Waals surface area contributed by atoms with Crippen LogP contribution in [-0.2, 0) is 16.6 Å². The lowest BCUT2D eigenvalue weighted by atomic mass is 10.2. The third-order valence-electron chi connectivity index (χ3n) is 3.49. The summed E-state index contributed by atoms with van der Waals surface area (Å²) in [6.45, 7) is 3.80. The monoisotopic (exact) mass is 396 g/mol. The second kappa shape index (κ2) is 8.53. The van der Waals surface area contributed by atoms with Gasteiger partial charge in [-0.3, -0.25) is 4.79 Å². The number of benzene rings is 2. The minimum Gasteiger partial charge on any atom is -0.491 e. The average Bonchev–Trinajstić information content (AvgIpc) is 2.61. The van der Waals surface area contributed by atoms with Gasteiger partial charge in [0.25, 0.3) is 5.91 Å². The first-order valence-corrected chi connectivity index (χ1v) is 9.86. The van der Waals surface area contributed by atoms with Gasteiger partial charge in [0.2, 0.25) is 10.0 Å². The Balaban J connectivity index is 2.18. The van der Waals surface area contributed by atoms with Gasteiger partial charge in [-0.05, 0) is 56.3 Å². The van der Waals surface area contributed by atoms with Crippen molar-refractivity contribution in [3.05, 3.63) is 58.6 Å². The highest BCUT2D eigenvalue weighted by molar-refractivity contribution is 7.89. The van der Waals surface area contributed by atoms with Crippen molar-refractivity contribution in [1.82, 2.24) is 10.0 Å². The van der Waals surface area contributed by atoms with Gasteiger partial charge in [-0.25, -0.2) is 13.1 Å². The molecule has 0 radical (unpaired) electrons. The van der Waals surface area contributed by atoms with E-state index < -0.39 is 10.0 Å². The van der Waals surface area contributed by atoms with Gasteiger partial charge in [0.1, 0.15) is 5.75 Å². The largest absolute Gasteiger partial charge is 0.491 e. The van der Waals surface area contributed by atoms with Gasteiger partial charge in [-0.15, -0.1) is 0 Å². The summed E-state index contributed by atoms with van der Waals surface area (Å²) in [6.07, 6.45) is -0.0520. The van der Waals surface area contributed by atoms with Crippen molar-refractivity contribution in [2.75, 3.05) is 7.05 Å². The zero-order valence-electron chi connectivity index (χ0n) is 14.7. The first-order valence-electron chi connectivity index (χ1n) is 8.00. The molecule has 1 amide bonds. The van der Waals surface area contributed by atoms with Crippen LogP contribution in [0.5, 0.6) is 5.75 Å². The quantitative estimate of drug-likeness (QED) is 0.753. The summed E-state index contributed by atoms with van der Waals surface area (Å²) < 4.78 is 33.2. The van der Waals surface area contributed by atoms with Crippen LogP contribution in [0.15, 0.2) is 47.4 Å². The number of hydrogen-bond donors (Lipinski definition) is 2. The highest BCUT2D eigenvalue weighted by Crippen LogP contribution is 2.24. The molecule has 0 saturated carbocycles. The van der Waals surface area contributed by atoms with Crippen molar-refractivity contribution in [3.63, 3.8) is 0 Å². The normalized spacial score (nSPS) is 11.4. The van der Waals surface area contributed by atoms with Crippen molar-refractivity contribution in [3.8, 4) is 5.75 Å². The standard InChI is InChI=1S/C18H21ClN2O4S/c1-12(2)25-17-9-6-15(19)10-14(17)11-21-26(23,24)16-7-4-13(5-8-16)18(22)20-3/h4-10,12,21H,11H2,1-3H3,(H,20,22). The van der Waals surface area contributed by atoms with E-state index in [1.807, 2.05) is 13.8 Å². The molecule has 0 atom stereocenters. The molecule has 0 unspecified atom stereocenters. The zero-order valence-corrected chi connectivity index (χ0v) is 16.3. The number of halogens is 1. The molecule has 0 bridgehead atoms. The maximum absolute atomic E-state index is 12.5. The minimum absolute atomic E-state index is 0.0299. The van der Waals surface area contributed by atoms with Crippen LogP contribution in [0.4, 0.5) is 0 Å². The summed E-state index contributed by atoms with van der Waals surface area (Å²) in [6, 6.07) is 10.8. The molecule has 0 aromatic heterocycles. The molecule has 0 aliphatic heterocycles. The maximum Gasteiger partial charge on any atom is 0.251 e. The van der Waals surface area contributed by atoms with E-state index in [0.717, 1.165) is 0 Å². The van der Waals surface area contributed by atoms with Crippen molar-refractivity contribution < 1.29 is 17.9 Å². The Morgan fingerprint density at radius 2 is 1.81 bits per heavy atom. The molecular weight excluding hydrogens is 376 g/mol. The highest BCUT2D eigenvalue weighted by atomic mass is 35.5. The van der Waals surface area contributed by atoms with E-state index in [4.69, 9.17) is 16.3 Å². The van der Waals surface area contributed by atoms with Crippen LogP contribution < -0.4 is 14.8 Å². The van der Waals surface area contributed by atoms with Crippen LogP contribution in [0.3, 0.4) is 0 Å². The topological polar surface area (TPSA) is 84.5 Å². The first kappa shape index (κ1) is 20.2. The smallest absolute Gasteiger partial charge is 0.251 e. The van der Waals surface area contributed by atoms with Gasteiger partial charge < -0.3 is 10.1 Å². The molecule has 0 saturated heterocycles. The number of ether oxygens (including phenoxy) is 1.